The van der Waals surface area contributed by atoms with Crippen molar-refractivity contribution in [3.63, 3.8) is 0 Å². The van der Waals surface area contributed by atoms with Crippen LogP contribution in [-0.4, -0.2) is 24.4 Å². The van der Waals surface area contributed by atoms with Crippen LogP contribution in [0.1, 0.15) is 36.2 Å². The summed E-state index contributed by atoms with van der Waals surface area (Å²) in [5.41, 5.74) is 7.60. The molecule has 0 heterocycles. The fraction of sp³-hybridized carbons (Fsp3) is 0.429. The van der Waals surface area contributed by atoms with Gasteiger partial charge in [0.25, 0.3) is 5.91 Å². The standard InChI is InChI=1S/C14H21N3O2/c1-9(2)17-13(18)6-7-16-14(19)11-8-10(3)4-5-12(11)15/h4-5,8-9H,6-7,15H2,1-3H3,(H,16,19)(H,17,18). The summed E-state index contributed by atoms with van der Waals surface area (Å²) in [6.45, 7) is 5.98. The third-order valence-corrected chi connectivity index (χ3v) is 2.54. The molecule has 0 atom stereocenters. The van der Waals surface area contributed by atoms with Gasteiger partial charge in [0.1, 0.15) is 0 Å². The number of hydrogen-bond acceptors (Lipinski definition) is 3. The molecule has 104 valence electrons. The van der Waals surface area contributed by atoms with E-state index in [0.29, 0.717) is 17.8 Å². The van der Waals surface area contributed by atoms with E-state index in [1.165, 1.54) is 0 Å². The number of nitrogens with two attached hydrogens (primary N) is 1. The molecule has 0 radical (unpaired) electrons. The van der Waals surface area contributed by atoms with Gasteiger partial charge in [0.15, 0.2) is 0 Å². The average molecular weight is 263 g/mol. The fourth-order valence-electron chi connectivity index (χ4n) is 1.65. The molecule has 4 N–H and O–H groups in total. The summed E-state index contributed by atoms with van der Waals surface area (Å²) in [6.07, 6.45) is 0.260. The number of aryl methyl sites for hydroxylation is 1. The van der Waals surface area contributed by atoms with Crippen LogP contribution in [0.5, 0.6) is 0 Å². The Morgan fingerprint density at radius 1 is 1.32 bits per heavy atom. The van der Waals surface area contributed by atoms with Crippen LogP contribution in [0.2, 0.25) is 0 Å². The summed E-state index contributed by atoms with van der Waals surface area (Å²) in [6, 6.07) is 5.40. The molecule has 0 aliphatic rings. The smallest absolute Gasteiger partial charge is 0.253 e. The van der Waals surface area contributed by atoms with Crippen molar-refractivity contribution >= 4 is 17.5 Å². The van der Waals surface area contributed by atoms with Gasteiger partial charge in [-0.05, 0) is 32.9 Å². The van der Waals surface area contributed by atoms with Gasteiger partial charge >= 0.3 is 0 Å². The summed E-state index contributed by atoms with van der Waals surface area (Å²) in [5, 5.41) is 5.45. The zero-order valence-electron chi connectivity index (χ0n) is 11.6. The molecule has 0 saturated carbocycles. The van der Waals surface area contributed by atoms with E-state index in [-0.39, 0.29) is 24.3 Å². The lowest BCUT2D eigenvalue weighted by Crippen LogP contribution is -2.34. The number of nitrogen functional groups attached to an aromatic ring is 1. The first kappa shape index (κ1) is 15.0. The monoisotopic (exact) mass is 263 g/mol. The van der Waals surface area contributed by atoms with Crippen molar-refractivity contribution in [1.29, 1.82) is 0 Å². The second-order valence-corrected chi connectivity index (χ2v) is 4.82. The number of carbonyl (C=O) groups excluding carboxylic acids is 2. The number of benzene rings is 1. The van der Waals surface area contributed by atoms with E-state index < -0.39 is 0 Å². The highest BCUT2D eigenvalue weighted by Gasteiger charge is 2.10. The molecule has 1 rings (SSSR count). The quantitative estimate of drug-likeness (QED) is 0.698. The van der Waals surface area contributed by atoms with Gasteiger partial charge in [-0.2, -0.15) is 0 Å². The van der Waals surface area contributed by atoms with Crippen LogP contribution in [0.25, 0.3) is 0 Å². The normalized spacial score (nSPS) is 10.3. The minimum absolute atomic E-state index is 0.0764. The van der Waals surface area contributed by atoms with Crippen LogP contribution in [0, 0.1) is 6.92 Å². The highest BCUT2D eigenvalue weighted by molar-refractivity contribution is 5.99. The van der Waals surface area contributed by atoms with Gasteiger partial charge in [-0.3, -0.25) is 9.59 Å². The Morgan fingerprint density at radius 2 is 2.00 bits per heavy atom. The Balaban J connectivity index is 2.48. The van der Waals surface area contributed by atoms with E-state index in [1.54, 1.807) is 12.1 Å². The van der Waals surface area contributed by atoms with Crippen LogP contribution in [0.4, 0.5) is 5.69 Å². The second-order valence-electron chi connectivity index (χ2n) is 4.82. The van der Waals surface area contributed by atoms with E-state index >= 15 is 0 Å². The van der Waals surface area contributed by atoms with Crippen LogP contribution in [0.15, 0.2) is 18.2 Å². The van der Waals surface area contributed by atoms with Crippen molar-refractivity contribution in [2.75, 3.05) is 12.3 Å². The molecule has 1 aromatic rings. The Morgan fingerprint density at radius 3 is 2.63 bits per heavy atom. The maximum Gasteiger partial charge on any atom is 0.253 e. The number of anilines is 1. The topological polar surface area (TPSA) is 84.2 Å². The van der Waals surface area contributed by atoms with E-state index in [9.17, 15) is 9.59 Å². The summed E-state index contributed by atoms with van der Waals surface area (Å²) in [4.78, 5) is 23.3. The predicted molar refractivity (Wildman–Crippen MR) is 75.8 cm³/mol. The molecular formula is C14H21N3O2. The molecule has 0 aliphatic carbocycles. The Bertz CT molecular complexity index is 470. The molecule has 0 bridgehead atoms. The molecule has 2 amide bonds. The highest BCUT2D eigenvalue weighted by atomic mass is 16.2. The third-order valence-electron chi connectivity index (χ3n) is 2.54. The Kier molecular flexibility index (Phi) is 5.36. The van der Waals surface area contributed by atoms with E-state index in [2.05, 4.69) is 10.6 Å². The zero-order valence-corrected chi connectivity index (χ0v) is 11.6. The number of carbonyl (C=O) groups is 2. The number of hydrogen-bond donors (Lipinski definition) is 3. The van der Waals surface area contributed by atoms with Gasteiger partial charge in [-0.15, -0.1) is 0 Å². The highest BCUT2D eigenvalue weighted by Crippen LogP contribution is 2.13. The number of amides is 2. The van der Waals surface area contributed by atoms with Gasteiger partial charge in [-0.1, -0.05) is 11.6 Å². The van der Waals surface area contributed by atoms with Crippen molar-refractivity contribution in [1.82, 2.24) is 10.6 Å². The van der Waals surface area contributed by atoms with Crippen LogP contribution >= 0.6 is 0 Å². The molecule has 0 fully saturated rings. The van der Waals surface area contributed by atoms with E-state index in [4.69, 9.17) is 5.73 Å². The maximum atomic E-state index is 11.9. The van der Waals surface area contributed by atoms with Gasteiger partial charge in [0, 0.05) is 24.7 Å². The lowest BCUT2D eigenvalue weighted by atomic mass is 10.1. The largest absolute Gasteiger partial charge is 0.398 e. The fourth-order valence-corrected chi connectivity index (χ4v) is 1.65. The Labute approximate surface area is 113 Å². The molecule has 1 aromatic carbocycles. The molecular weight excluding hydrogens is 242 g/mol. The third kappa shape index (κ3) is 4.99. The first-order valence-corrected chi connectivity index (χ1v) is 6.34. The zero-order chi connectivity index (χ0) is 14.4. The van der Waals surface area contributed by atoms with Gasteiger partial charge in [0.05, 0.1) is 5.56 Å². The summed E-state index contributed by atoms with van der Waals surface area (Å²) < 4.78 is 0. The van der Waals surface area contributed by atoms with Crippen LogP contribution in [0.3, 0.4) is 0 Å². The van der Waals surface area contributed by atoms with Crippen molar-refractivity contribution in [3.05, 3.63) is 29.3 Å². The maximum absolute atomic E-state index is 11.9. The molecule has 5 heteroatoms. The first-order valence-electron chi connectivity index (χ1n) is 6.34. The van der Waals surface area contributed by atoms with E-state index in [0.717, 1.165) is 5.56 Å². The van der Waals surface area contributed by atoms with Gasteiger partial charge < -0.3 is 16.4 Å². The van der Waals surface area contributed by atoms with Crippen molar-refractivity contribution in [2.45, 2.75) is 33.2 Å². The lowest BCUT2D eigenvalue weighted by Gasteiger charge is -2.10. The minimum atomic E-state index is -0.251. The van der Waals surface area contributed by atoms with Gasteiger partial charge in [-0.25, -0.2) is 0 Å². The molecule has 0 spiro atoms. The molecule has 19 heavy (non-hydrogen) atoms. The lowest BCUT2D eigenvalue weighted by molar-refractivity contribution is -0.121. The van der Waals surface area contributed by atoms with Crippen LogP contribution < -0.4 is 16.4 Å². The van der Waals surface area contributed by atoms with Crippen molar-refractivity contribution < 1.29 is 9.59 Å². The SMILES string of the molecule is Cc1ccc(N)c(C(=O)NCCC(=O)NC(C)C)c1. The number of nitrogens with one attached hydrogen (secondary N) is 2. The number of rotatable bonds is 5. The average Bonchev–Trinajstić information content (AvgIpc) is 2.31. The second kappa shape index (κ2) is 6.78. The first-order chi connectivity index (χ1) is 8.90. The Hall–Kier alpha value is -2.04. The van der Waals surface area contributed by atoms with Crippen molar-refractivity contribution in [2.24, 2.45) is 0 Å². The molecule has 0 saturated heterocycles. The molecule has 5 nitrogen and oxygen atoms in total. The van der Waals surface area contributed by atoms with Crippen LogP contribution in [-0.2, 0) is 4.79 Å². The molecule has 0 aliphatic heterocycles. The minimum Gasteiger partial charge on any atom is -0.398 e. The molecule has 0 unspecified atom stereocenters. The van der Waals surface area contributed by atoms with Gasteiger partial charge in [0.2, 0.25) is 5.91 Å². The van der Waals surface area contributed by atoms with Crippen molar-refractivity contribution in [3.8, 4) is 0 Å². The summed E-state index contributed by atoms with van der Waals surface area (Å²) in [7, 11) is 0. The molecule has 0 aromatic heterocycles. The van der Waals surface area contributed by atoms with E-state index in [1.807, 2.05) is 26.8 Å². The summed E-state index contributed by atoms with van der Waals surface area (Å²) >= 11 is 0. The summed E-state index contributed by atoms with van der Waals surface area (Å²) in [5.74, 6) is -0.328. The predicted octanol–water partition coefficient (Wildman–Crippen LogP) is 1.22.